The molecule has 0 amide bonds. The Hall–Kier alpha value is 0.630. The van der Waals surface area contributed by atoms with E-state index in [-0.39, 0.29) is 38.4 Å². The molecule has 30 valence electrons. The van der Waals surface area contributed by atoms with E-state index >= 15 is 0 Å². The van der Waals surface area contributed by atoms with Crippen molar-refractivity contribution in [2.24, 2.45) is 0 Å². The van der Waals surface area contributed by atoms with E-state index in [1.54, 1.807) is 0 Å². The first-order valence-corrected chi connectivity index (χ1v) is 0. The van der Waals surface area contributed by atoms with Crippen LogP contribution in [-0.2, 0) is 16.5 Å². The summed E-state index contributed by atoms with van der Waals surface area (Å²) < 4.78 is 0. The van der Waals surface area contributed by atoms with Gasteiger partial charge in [0.05, 0.1) is 0 Å². The predicted octanol–water partition coefficient (Wildman–Crippen LogP) is -2.03. The molecular formula is H4NiO2Si. The summed E-state index contributed by atoms with van der Waals surface area (Å²) >= 11 is 0. The molecule has 0 aromatic heterocycles. The first kappa shape index (κ1) is 154. The monoisotopic (exact) mass is 122 g/mol. The van der Waals surface area contributed by atoms with Crippen LogP contribution in [0.2, 0.25) is 0 Å². The molecular weight excluding hydrogens is 119 g/mol. The van der Waals surface area contributed by atoms with Gasteiger partial charge in [0, 0.05) is 27.5 Å². The van der Waals surface area contributed by atoms with Gasteiger partial charge < -0.3 is 11.0 Å². The first-order chi connectivity index (χ1) is 0. The summed E-state index contributed by atoms with van der Waals surface area (Å²) in [6.45, 7) is 0. The average Bonchev–Trinajstić information content (AvgIpc) is 0. The van der Waals surface area contributed by atoms with Crippen molar-refractivity contribution < 1.29 is 27.4 Å². The van der Waals surface area contributed by atoms with Crippen LogP contribution in [0.15, 0.2) is 0 Å². The van der Waals surface area contributed by atoms with Gasteiger partial charge in [0.1, 0.15) is 0 Å². The van der Waals surface area contributed by atoms with Crippen LogP contribution in [0.3, 0.4) is 0 Å². The molecule has 0 saturated heterocycles. The normalized spacial score (nSPS) is 0. The zero-order chi connectivity index (χ0) is 0. The van der Waals surface area contributed by atoms with Gasteiger partial charge in [-0.05, 0) is 0 Å². The first-order valence-electron chi connectivity index (χ1n) is 0. The second kappa shape index (κ2) is 63.2. The molecule has 0 saturated carbocycles. The van der Waals surface area contributed by atoms with E-state index in [1.807, 2.05) is 0 Å². The van der Waals surface area contributed by atoms with Crippen LogP contribution >= 0.6 is 0 Å². The maximum absolute atomic E-state index is 0. The van der Waals surface area contributed by atoms with Crippen LogP contribution in [0.1, 0.15) is 0 Å². The van der Waals surface area contributed by atoms with E-state index in [0.717, 1.165) is 0 Å². The minimum atomic E-state index is 0. The second-order valence-electron chi connectivity index (χ2n) is 0. The van der Waals surface area contributed by atoms with Crippen LogP contribution in [-0.4, -0.2) is 21.9 Å². The molecule has 0 aromatic rings. The van der Waals surface area contributed by atoms with Crippen molar-refractivity contribution in [1.82, 2.24) is 0 Å². The smallest absolute Gasteiger partial charge is 0 e. The summed E-state index contributed by atoms with van der Waals surface area (Å²) in [5.41, 5.74) is 0. The standard InChI is InChI=1S/Ni.2H2O.Si/h;2*1H2;. The molecule has 0 heterocycles. The fraction of sp³-hybridized carbons (Fsp3) is 0. The molecule has 0 atom stereocenters. The van der Waals surface area contributed by atoms with Gasteiger partial charge in [-0.15, -0.1) is 0 Å². The molecule has 0 aromatic carbocycles. The van der Waals surface area contributed by atoms with E-state index in [1.165, 1.54) is 0 Å². The Morgan fingerprint density at radius 2 is 0.750 bits per heavy atom. The van der Waals surface area contributed by atoms with Crippen molar-refractivity contribution in [2.45, 2.75) is 0 Å². The maximum atomic E-state index is 0. The van der Waals surface area contributed by atoms with E-state index in [2.05, 4.69) is 0 Å². The quantitative estimate of drug-likeness (QED) is 0.333. The molecule has 0 bridgehead atoms. The molecule has 4 radical (unpaired) electrons. The maximum Gasteiger partial charge on any atom is 0 e. The Kier molecular flexibility index (Phi) is 2430. The van der Waals surface area contributed by atoms with Gasteiger partial charge in [-0.1, -0.05) is 0 Å². The number of hydrogen-bond acceptors (Lipinski definition) is 0. The summed E-state index contributed by atoms with van der Waals surface area (Å²) in [6, 6.07) is 0. The zero-order valence-corrected chi connectivity index (χ0v) is 3.80. The third-order valence-electron chi connectivity index (χ3n) is 0. The van der Waals surface area contributed by atoms with Gasteiger partial charge in [0.25, 0.3) is 0 Å². The van der Waals surface area contributed by atoms with Crippen molar-refractivity contribution in [1.29, 1.82) is 0 Å². The third-order valence-corrected chi connectivity index (χ3v) is 0. The van der Waals surface area contributed by atoms with Crippen LogP contribution in [0, 0.1) is 0 Å². The number of rotatable bonds is 0. The molecule has 0 spiro atoms. The van der Waals surface area contributed by atoms with Crippen molar-refractivity contribution in [3.05, 3.63) is 0 Å². The van der Waals surface area contributed by atoms with Gasteiger partial charge in [-0.3, -0.25) is 0 Å². The summed E-state index contributed by atoms with van der Waals surface area (Å²) in [4.78, 5) is 0. The van der Waals surface area contributed by atoms with Gasteiger partial charge in [0.2, 0.25) is 0 Å². The van der Waals surface area contributed by atoms with E-state index in [9.17, 15) is 0 Å². The van der Waals surface area contributed by atoms with Crippen LogP contribution in [0.4, 0.5) is 0 Å². The van der Waals surface area contributed by atoms with Crippen LogP contribution in [0.25, 0.3) is 0 Å². The van der Waals surface area contributed by atoms with Crippen molar-refractivity contribution in [3.63, 3.8) is 0 Å². The molecule has 0 rings (SSSR count). The molecule has 0 fully saturated rings. The fourth-order valence-corrected chi connectivity index (χ4v) is 0. The Balaban J connectivity index is 0. The second-order valence-corrected chi connectivity index (χ2v) is 0. The fourth-order valence-electron chi connectivity index (χ4n) is 0. The Morgan fingerprint density at radius 3 is 0.750 bits per heavy atom. The molecule has 0 aliphatic carbocycles. The molecule has 2 nitrogen and oxygen atoms in total. The van der Waals surface area contributed by atoms with Gasteiger partial charge in [0.15, 0.2) is 0 Å². The van der Waals surface area contributed by atoms with E-state index < -0.39 is 0 Å². The molecule has 4 N–H and O–H groups in total. The summed E-state index contributed by atoms with van der Waals surface area (Å²) in [7, 11) is 0. The predicted molar refractivity (Wildman–Crippen MR) is 13.0 cm³/mol. The largest absolute Gasteiger partial charge is 0.412 e. The van der Waals surface area contributed by atoms with Gasteiger partial charge in [-0.25, -0.2) is 0 Å². The Bertz CT molecular complexity index is 6.00. The minimum absolute atomic E-state index is 0. The SMILES string of the molecule is O.O.[Ni].[Si]. The van der Waals surface area contributed by atoms with Gasteiger partial charge >= 0.3 is 0 Å². The minimum Gasteiger partial charge on any atom is -0.412 e. The number of hydrogen-bond donors (Lipinski definition) is 0. The third kappa shape index (κ3) is 17.6. The van der Waals surface area contributed by atoms with E-state index in [0.29, 0.717) is 0 Å². The molecule has 4 heavy (non-hydrogen) atoms. The Labute approximate surface area is 39.2 Å². The molecule has 0 unspecified atom stereocenters. The van der Waals surface area contributed by atoms with E-state index in [4.69, 9.17) is 0 Å². The van der Waals surface area contributed by atoms with Crippen molar-refractivity contribution >= 4 is 11.0 Å². The summed E-state index contributed by atoms with van der Waals surface area (Å²) in [6.07, 6.45) is 0. The average molecular weight is 123 g/mol. The summed E-state index contributed by atoms with van der Waals surface area (Å²) in [5.74, 6) is 0. The van der Waals surface area contributed by atoms with Crippen molar-refractivity contribution in [3.8, 4) is 0 Å². The zero-order valence-electron chi connectivity index (χ0n) is 1.82. The van der Waals surface area contributed by atoms with Crippen molar-refractivity contribution in [2.75, 3.05) is 0 Å². The molecule has 0 aliphatic heterocycles. The topological polar surface area (TPSA) is 63.0 Å². The molecule has 0 aliphatic rings. The van der Waals surface area contributed by atoms with Gasteiger partial charge in [-0.2, -0.15) is 0 Å². The molecule has 4 heteroatoms. The Morgan fingerprint density at radius 1 is 0.750 bits per heavy atom. The van der Waals surface area contributed by atoms with Crippen LogP contribution in [0.5, 0.6) is 0 Å². The van der Waals surface area contributed by atoms with Crippen LogP contribution < -0.4 is 0 Å². The summed E-state index contributed by atoms with van der Waals surface area (Å²) in [5, 5.41) is 0.